The summed E-state index contributed by atoms with van der Waals surface area (Å²) in [4.78, 5) is 13.7. The number of carbonyl (C=O) groups is 1. The molecule has 1 aliphatic rings. The number of esters is 1. The third-order valence-electron chi connectivity index (χ3n) is 3.21. The second-order valence-electron chi connectivity index (χ2n) is 4.52. The average molecular weight is 289 g/mol. The number of rotatable bonds is 3. The number of ether oxygens (including phenoxy) is 2. The van der Waals surface area contributed by atoms with Crippen LogP contribution < -0.4 is 5.32 Å². The fourth-order valence-electron chi connectivity index (χ4n) is 2.17. The van der Waals surface area contributed by atoms with Crippen molar-refractivity contribution in [2.75, 3.05) is 13.7 Å². The molecule has 0 aliphatic carbocycles. The molecule has 1 saturated heterocycles. The molecule has 0 radical (unpaired) electrons. The smallest absolute Gasteiger partial charge is 0.325 e. The van der Waals surface area contributed by atoms with Crippen molar-refractivity contribution in [1.29, 1.82) is 0 Å². The zero-order valence-corrected chi connectivity index (χ0v) is 11.9. The van der Waals surface area contributed by atoms with Crippen molar-refractivity contribution in [1.82, 2.24) is 5.32 Å². The summed E-state index contributed by atoms with van der Waals surface area (Å²) in [5.74, 6) is -0.285. The van der Waals surface area contributed by atoms with E-state index in [2.05, 4.69) is 23.5 Å². The van der Waals surface area contributed by atoms with Crippen LogP contribution in [0.15, 0.2) is 42.5 Å². The molecular weight excluding hydrogens is 274 g/mol. The van der Waals surface area contributed by atoms with Gasteiger partial charge in [-0.3, -0.25) is 10.1 Å². The van der Waals surface area contributed by atoms with Crippen LogP contribution in [0.3, 0.4) is 0 Å². The molecule has 4 nitrogen and oxygen atoms in total. The molecule has 0 amide bonds. The Morgan fingerprint density at radius 1 is 1.30 bits per heavy atom. The Balaban J connectivity index is 1.74. The summed E-state index contributed by atoms with van der Waals surface area (Å²) >= 11 is 1.66. The van der Waals surface area contributed by atoms with E-state index in [1.165, 1.54) is 17.6 Å². The Kier molecular flexibility index (Phi) is 3.82. The van der Waals surface area contributed by atoms with Crippen LogP contribution in [0, 0.1) is 0 Å². The first-order valence-electron chi connectivity index (χ1n) is 6.38. The van der Waals surface area contributed by atoms with Gasteiger partial charge in [0.05, 0.1) is 13.7 Å². The summed E-state index contributed by atoms with van der Waals surface area (Å²) in [5, 5.41) is 3.14. The molecule has 0 bridgehead atoms. The van der Waals surface area contributed by atoms with Crippen molar-refractivity contribution >= 4 is 17.3 Å². The molecule has 1 N–H and O–H groups in total. The maximum Gasteiger partial charge on any atom is 0.325 e. The molecule has 20 heavy (non-hydrogen) atoms. The molecule has 0 spiro atoms. The van der Waals surface area contributed by atoms with Gasteiger partial charge in [-0.15, -0.1) is 11.3 Å². The van der Waals surface area contributed by atoms with Crippen molar-refractivity contribution in [2.24, 2.45) is 0 Å². The second kappa shape index (κ2) is 5.75. The van der Waals surface area contributed by atoms with Gasteiger partial charge in [0.25, 0.3) is 0 Å². The van der Waals surface area contributed by atoms with Gasteiger partial charge in [0.2, 0.25) is 0 Å². The number of thiophene rings is 1. The van der Waals surface area contributed by atoms with Crippen molar-refractivity contribution < 1.29 is 14.3 Å². The van der Waals surface area contributed by atoms with Crippen molar-refractivity contribution in [3.63, 3.8) is 0 Å². The molecule has 2 aromatic rings. The lowest BCUT2D eigenvalue weighted by atomic mass is 10.2. The van der Waals surface area contributed by atoms with E-state index >= 15 is 0 Å². The Bertz CT molecular complexity index is 596. The monoisotopic (exact) mass is 289 g/mol. The van der Waals surface area contributed by atoms with Gasteiger partial charge in [-0.05, 0) is 17.7 Å². The summed E-state index contributed by atoms with van der Waals surface area (Å²) in [7, 11) is 1.38. The first-order valence-corrected chi connectivity index (χ1v) is 7.20. The highest BCUT2D eigenvalue weighted by Gasteiger charge is 2.32. The number of hydrogen-bond acceptors (Lipinski definition) is 5. The van der Waals surface area contributed by atoms with Crippen LogP contribution in [0.4, 0.5) is 0 Å². The Morgan fingerprint density at radius 2 is 2.10 bits per heavy atom. The number of nitrogens with one attached hydrogen (secondary N) is 1. The normalized spacial score (nSPS) is 21.9. The minimum absolute atomic E-state index is 0.235. The van der Waals surface area contributed by atoms with E-state index in [9.17, 15) is 4.79 Å². The van der Waals surface area contributed by atoms with Gasteiger partial charge >= 0.3 is 5.97 Å². The van der Waals surface area contributed by atoms with E-state index < -0.39 is 0 Å². The van der Waals surface area contributed by atoms with Gasteiger partial charge in [0.15, 0.2) is 0 Å². The van der Waals surface area contributed by atoms with Crippen LogP contribution in [-0.2, 0) is 14.3 Å². The van der Waals surface area contributed by atoms with E-state index in [1.807, 2.05) is 24.3 Å². The summed E-state index contributed by atoms with van der Waals surface area (Å²) in [6.45, 7) is 0.343. The summed E-state index contributed by atoms with van der Waals surface area (Å²) < 4.78 is 10.3. The highest BCUT2D eigenvalue weighted by atomic mass is 32.1. The third kappa shape index (κ3) is 2.60. The maximum absolute atomic E-state index is 11.5. The van der Waals surface area contributed by atoms with Crippen LogP contribution in [-0.4, -0.2) is 25.7 Å². The van der Waals surface area contributed by atoms with Gasteiger partial charge in [-0.1, -0.05) is 30.3 Å². The molecule has 1 aromatic carbocycles. The lowest BCUT2D eigenvalue weighted by molar-refractivity contribution is -0.142. The Morgan fingerprint density at radius 3 is 2.85 bits per heavy atom. The molecule has 1 fully saturated rings. The predicted octanol–water partition coefficient (Wildman–Crippen LogP) is 2.58. The van der Waals surface area contributed by atoms with Crippen molar-refractivity contribution in [2.45, 2.75) is 12.3 Å². The SMILES string of the molecule is COC(=O)C1COC(c2ccc(-c3ccccc3)s2)N1. The largest absolute Gasteiger partial charge is 0.468 e. The summed E-state index contributed by atoms with van der Waals surface area (Å²) in [5.41, 5.74) is 1.19. The molecule has 2 unspecified atom stereocenters. The van der Waals surface area contributed by atoms with Crippen LogP contribution in [0.1, 0.15) is 11.1 Å². The number of methoxy groups -OCH3 is 1. The minimum atomic E-state index is -0.382. The first kappa shape index (κ1) is 13.3. The van der Waals surface area contributed by atoms with Crippen molar-refractivity contribution in [3.05, 3.63) is 47.3 Å². The van der Waals surface area contributed by atoms with Gasteiger partial charge in [-0.25, -0.2) is 0 Å². The van der Waals surface area contributed by atoms with E-state index in [-0.39, 0.29) is 18.2 Å². The standard InChI is InChI=1S/C15H15NO3S/c1-18-15(17)11-9-19-14(16-11)13-8-7-12(20-13)10-5-3-2-4-6-10/h2-8,11,14,16H,9H2,1H3. The van der Waals surface area contributed by atoms with Gasteiger partial charge in [-0.2, -0.15) is 0 Å². The fraction of sp³-hybridized carbons (Fsp3) is 0.267. The zero-order chi connectivity index (χ0) is 13.9. The Labute approximate surface area is 121 Å². The quantitative estimate of drug-likeness (QED) is 0.882. The van der Waals surface area contributed by atoms with Crippen LogP contribution in [0.2, 0.25) is 0 Å². The molecule has 0 saturated carbocycles. The third-order valence-corrected chi connectivity index (χ3v) is 4.39. The average Bonchev–Trinajstić information content (AvgIpc) is 3.16. The van der Waals surface area contributed by atoms with E-state index in [0.717, 1.165) is 4.88 Å². The molecular formula is C15H15NO3S. The van der Waals surface area contributed by atoms with E-state index in [1.54, 1.807) is 11.3 Å². The number of carbonyl (C=O) groups excluding carboxylic acids is 1. The molecule has 3 rings (SSSR count). The molecule has 1 aromatic heterocycles. The molecule has 1 aliphatic heterocycles. The number of benzene rings is 1. The summed E-state index contributed by atoms with van der Waals surface area (Å²) in [6, 6.07) is 13.9. The Hall–Kier alpha value is -1.69. The lowest BCUT2D eigenvalue weighted by Crippen LogP contribution is -2.34. The van der Waals surface area contributed by atoms with Crippen LogP contribution >= 0.6 is 11.3 Å². The van der Waals surface area contributed by atoms with E-state index in [4.69, 9.17) is 9.47 Å². The van der Waals surface area contributed by atoms with Gasteiger partial charge in [0.1, 0.15) is 12.3 Å². The highest BCUT2D eigenvalue weighted by molar-refractivity contribution is 7.15. The van der Waals surface area contributed by atoms with E-state index in [0.29, 0.717) is 6.61 Å². The van der Waals surface area contributed by atoms with Crippen LogP contribution in [0.25, 0.3) is 10.4 Å². The molecule has 5 heteroatoms. The maximum atomic E-state index is 11.5. The van der Waals surface area contributed by atoms with Gasteiger partial charge in [0, 0.05) is 9.75 Å². The second-order valence-corrected chi connectivity index (χ2v) is 5.64. The predicted molar refractivity (Wildman–Crippen MR) is 77.4 cm³/mol. The fourth-order valence-corrected chi connectivity index (χ4v) is 3.19. The molecule has 2 heterocycles. The zero-order valence-electron chi connectivity index (χ0n) is 11.0. The van der Waals surface area contributed by atoms with Gasteiger partial charge < -0.3 is 9.47 Å². The first-order chi connectivity index (χ1) is 9.78. The lowest BCUT2D eigenvalue weighted by Gasteiger charge is -2.08. The molecule has 2 atom stereocenters. The van der Waals surface area contributed by atoms with Crippen LogP contribution in [0.5, 0.6) is 0 Å². The topological polar surface area (TPSA) is 47.6 Å². The highest BCUT2D eigenvalue weighted by Crippen LogP contribution is 2.33. The number of hydrogen-bond donors (Lipinski definition) is 1. The van der Waals surface area contributed by atoms with Crippen molar-refractivity contribution in [3.8, 4) is 10.4 Å². The molecule has 104 valence electrons. The summed E-state index contributed by atoms with van der Waals surface area (Å²) in [6.07, 6.45) is -0.235. The minimum Gasteiger partial charge on any atom is -0.468 e.